The third-order valence-electron chi connectivity index (χ3n) is 3.03. The first kappa shape index (κ1) is 13.6. The lowest BCUT2D eigenvalue weighted by atomic mass is 10.1. The van der Waals surface area contributed by atoms with Gasteiger partial charge in [-0.15, -0.1) is 0 Å². The van der Waals surface area contributed by atoms with Crippen molar-refractivity contribution in [1.29, 1.82) is 5.41 Å². The summed E-state index contributed by atoms with van der Waals surface area (Å²) >= 11 is 8.29. The first-order valence-corrected chi connectivity index (χ1v) is 7.28. The first-order chi connectivity index (χ1) is 8.39. The summed E-state index contributed by atoms with van der Waals surface area (Å²) in [5, 5.41) is 8.08. The summed E-state index contributed by atoms with van der Waals surface area (Å²) in [6, 6.07) is 5.59. The zero-order valence-electron chi connectivity index (χ0n) is 10.7. The SMILES string of the molecule is CC1(C)CN(c2ccc(C(=N)N)cc2Cl)CCS1. The Morgan fingerprint density at radius 1 is 1.50 bits per heavy atom. The standard InChI is InChI=1S/C13H18ClN3S/c1-13(2)8-17(5-6-18-13)11-4-3-9(12(15)16)7-10(11)14/h3-4,7H,5-6,8H2,1-2H3,(H3,15,16). The van der Waals surface area contributed by atoms with E-state index in [1.807, 2.05) is 23.9 Å². The number of hydrogen-bond donors (Lipinski definition) is 2. The highest BCUT2D eigenvalue weighted by molar-refractivity contribution is 8.00. The minimum Gasteiger partial charge on any atom is -0.384 e. The number of halogens is 1. The normalized spacial score (nSPS) is 18.7. The Hall–Kier alpha value is -0.870. The molecule has 1 fully saturated rings. The van der Waals surface area contributed by atoms with Gasteiger partial charge >= 0.3 is 0 Å². The van der Waals surface area contributed by atoms with Crippen molar-refractivity contribution < 1.29 is 0 Å². The summed E-state index contributed by atoms with van der Waals surface area (Å²) in [6.07, 6.45) is 0. The molecule has 2 rings (SSSR count). The zero-order chi connectivity index (χ0) is 13.3. The van der Waals surface area contributed by atoms with Gasteiger partial charge in [-0.2, -0.15) is 11.8 Å². The number of anilines is 1. The summed E-state index contributed by atoms with van der Waals surface area (Å²) in [5.41, 5.74) is 7.17. The molecule has 1 heterocycles. The number of nitrogens with two attached hydrogens (primary N) is 1. The number of rotatable bonds is 2. The highest BCUT2D eigenvalue weighted by Crippen LogP contribution is 2.35. The van der Waals surface area contributed by atoms with Crippen LogP contribution in [0.2, 0.25) is 5.02 Å². The Morgan fingerprint density at radius 2 is 2.22 bits per heavy atom. The molecule has 5 heteroatoms. The largest absolute Gasteiger partial charge is 0.384 e. The minimum absolute atomic E-state index is 0.0537. The van der Waals surface area contributed by atoms with E-state index in [4.69, 9.17) is 22.7 Å². The summed E-state index contributed by atoms with van der Waals surface area (Å²) in [6.45, 7) is 6.49. The van der Waals surface area contributed by atoms with Crippen LogP contribution in [-0.2, 0) is 0 Å². The molecule has 1 aromatic carbocycles. The maximum Gasteiger partial charge on any atom is 0.122 e. The number of hydrogen-bond acceptors (Lipinski definition) is 3. The van der Waals surface area contributed by atoms with E-state index in [0.717, 1.165) is 24.5 Å². The summed E-state index contributed by atoms with van der Waals surface area (Å²) in [5.74, 6) is 1.16. The second-order valence-electron chi connectivity index (χ2n) is 5.11. The molecule has 0 aromatic heterocycles. The molecule has 18 heavy (non-hydrogen) atoms. The van der Waals surface area contributed by atoms with Crippen LogP contribution in [0.5, 0.6) is 0 Å². The van der Waals surface area contributed by atoms with E-state index in [-0.39, 0.29) is 10.6 Å². The maximum absolute atomic E-state index is 7.41. The van der Waals surface area contributed by atoms with Crippen molar-refractivity contribution in [2.24, 2.45) is 5.73 Å². The molecule has 98 valence electrons. The van der Waals surface area contributed by atoms with Gasteiger partial charge in [-0.05, 0) is 32.0 Å². The molecule has 0 bridgehead atoms. The van der Waals surface area contributed by atoms with Gasteiger partial charge in [-0.3, -0.25) is 5.41 Å². The predicted molar refractivity (Wildman–Crippen MR) is 81.2 cm³/mol. The molecule has 0 atom stereocenters. The third-order valence-corrected chi connectivity index (χ3v) is 4.63. The van der Waals surface area contributed by atoms with Gasteiger partial charge in [0, 0.05) is 29.2 Å². The maximum atomic E-state index is 7.41. The molecule has 3 nitrogen and oxygen atoms in total. The molecule has 1 aromatic rings. The monoisotopic (exact) mass is 283 g/mol. The number of nitrogens with one attached hydrogen (secondary N) is 1. The van der Waals surface area contributed by atoms with Gasteiger partial charge < -0.3 is 10.6 Å². The Bertz CT molecular complexity index is 473. The van der Waals surface area contributed by atoms with Crippen molar-refractivity contribution in [3.8, 4) is 0 Å². The van der Waals surface area contributed by atoms with Gasteiger partial charge in [0.25, 0.3) is 0 Å². The number of nitrogens with zero attached hydrogens (tertiary/aromatic N) is 1. The van der Waals surface area contributed by atoms with Crippen molar-refractivity contribution in [2.45, 2.75) is 18.6 Å². The van der Waals surface area contributed by atoms with Crippen LogP contribution in [0, 0.1) is 5.41 Å². The molecule has 0 spiro atoms. The Balaban J connectivity index is 2.26. The average molecular weight is 284 g/mol. The quantitative estimate of drug-likeness (QED) is 0.648. The number of thioether (sulfide) groups is 1. The van der Waals surface area contributed by atoms with Crippen LogP contribution in [0.3, 0.4) is 0 Å². The second kappa shape index (κ2) is 5.02. The molecular weight excluding hydrogens is 266 g/mol. The summed E-state index contributed by atoms with van der Waals surface area (Å²) < 4.78 is 0.251. The second-order valence-corrected chi connectivity index (χ2v) is 7.32. The Labute approximate surface area is 117 Å². The molecule has 0 amide bonds. The zero-order valence-corrected chi connectivity index (χ0v) is 12.2. The van der Waals surface area contributed by atoms with Gasteiger partial charge in [0.15, 0.2) is 0 Å². The van der Waals surface area contributed by atoms with Crippen LogP contribution in [0.1, 0.15) is 19.4 Å². The fourth-order valence-electron chi connectivity index (χ4n) is 2.15. The summed E-state index contributed by atoms with van der Waals surface area (Å²) in [7, 11) is 0. The minimum atomic E-state index is 0.0537. The molecule has 1 saturated heterocycles. The Kier molecular flexibility index (Phi) is 3.78. The van der Waals surface area contributed by atoms with Crippen molar-refractivity contribution >= 4 is 34.9 Å². The van der Waals surface area contributed by atoms with Crippen LogP contribution in [0.15, 0.2) is 18.2 Å². The lowest BCUT2D eigenvalue weighted by Gasteiger charge is -2.39. The van der Waals surface area contributed by atoms with Crippen molar-refractivity contribution in [1.82, 2.24) is 0 Å². The molecule has 0 radical (unpaired) electrons. The van der Waals surface area contributed by atoms with E-state index >= 15 is 0 Å². The molecule has 0 unspecified atom stereocenters. The van der Waals surface area contributed by atoms with Crippen molar-refractivity contribution in [3.05, 3.63) is 28.8 Å². The molecule has 1 aliphatic rings. The molecule has 3 N–H and O–H groups in total. The van der Waals surface area contributed by atoms with Crippen LogP contribution >= 0.6 is 23.4 Å². The van der Waals surface area contributed by atoms with E-state index in [2.05, 4.69) is 18.7 Å². The molecular formula is C13H18ClN3S. The number of amidine groups is 1. The fraction of sp³-hybridized carbons (Fsp3) is 0.462. The van der Waals surface area contributed by atoms with E-state index in [1.54, 1.807) is 6.07 Å². The molecule has 0 saturated carbocycles. The van der Waals surface area contributed by atoms with Crippen LogP contribution in [-0.4, -0.2) is 29.4 Å². The Morgan fingerprint density at radius 3 is 2.78 bits per heavy atom. The van der Waals surface area contributed by atoms with Crippen LogP contribution in [0.25, 0.3) is 0 Å². The van der Waals surface area contributed by atoms with Gasteiger partial charge in [0.2, 0.25) is 0 Å². The van der Waals surface area contributed by atoms with E-state index in [9.17, 15) is 0 Å². The molecule has 1 aliphatic heterocycles. The number of benzene rings is 1. The van der Waals surface area contributed by atoms with Crippen LogP contribution < -0.4 is 10.6 Å². The van der Waals surface area contributed by atoms with Gasteiger partial charge in [-0.1, -0.05) is 11.6 Å². The van der Waals surface area contributed by atoms with E-state index in [0.29, 0.717) is 10.6 Å². The summed E-state index contributed by atoms with van der Waals surface area (Å²) in [4.78, 5) is 2.31. The highest BCUT2D eigenvalue weighted by atomic mass is 35.5. The highest BCUT2D eigenvalue weighted by Gasteiger charge is 2.28. The van der Waals surface area contributed by atoms with Crippen LogP contribution in [0.4, 0.5) is 5.69 Å². The van der Waals surface area contributed by atoms with Crippen molar-refractivity contribution in [2.75, 3.05) is 23.7 Å². The lowest BCUT2D eigenvalue weighted by molar-refractivity contribution is 0.648. The molecule has 0 aliphatic carbocycles. The first-order valence-electron chi connectivity index (χ1n) is 5.92. The smallest absolute Gasteiger partial charge is 0.122 e. The topological polar surface area (TPSA) is 53.1 Å². The van der Waals surface area contributed by atoms with Crippen molar-refractivity contribution in [3.63, 3.8) is 0 Å². The van der Waals surface area contributed by atoms with Gasteiger partial charge in [-0.25, -0.2) is 0 Å². The van der Waals surface area contributed by atoms with Gasteiger partial charge in [0.05, 0.1) is 10.7 Å². The number of nitrogen functional groups attached to an aromatic ring is 1. The predicted octanol–water partition coefficient (Wildman–Crippen LogP) is 2.96. The van der Waals surface area contributed by atoms with E-state index in [1.165, 1.54) is 0 Å². The average Bonchev–Trinajstić information content (AvgIpc) is 2.27. The third kappa shape index (κ3) is 2.93. The lowest BCUT2D eigenvalue weighted by Crippen LogP contribution is -2.43. The van der Waals surface area contributed by atoms with E-state index < -0.39 is 0 Å². The van der Waals surface area contributed by atoms with Gasteiger partial charge in [0.1, 0.15) is 5.84 Å². The fourth-order valence-corrected chi connectivity index (χ4v) is 3.56.